The molecule has 1 aromatic carbocycles. The van der Waals surface area contributed by atoms with Crippen molar-refractivity contribution in [1.82, 2.24) is 10.2 Å². The van der Waals surface area contributed by atoms with Gasteiger partial charge in [-0.05, 0) is 51.5 Å². The van der Waals surface area contributed by atoms with Crippen molar-refractivity contribution in [3.63, 3.8) is 0 Å². The maximum Gasteiger partial charge on any atom is 0.119 e. The van der Waals surface area contributed by atoms with Crippen molar-refractivity contribution in [3.8, 4) is 5.75 Å². The Kier molecular flexibility index (Phi) is 8.31. The van der Waals surface area contributed by atoms with E-state index in [1.54, 1.807) is 0 Å². The van der Waals surface area contributed by atoms with Gasteiger partial charge >= 0.3 is 0 Å². The number of nitrogens with one attached hydrogen (secondary N) is 1. The van der Waals surface area contributed by atoms with E-state index in [0.717, 1.165) is 37.8 Å². The van der Waals surface area contributed by atoms with Crippen LogP contribution in [0.3, 0.4) is 0 Å². The van der Waals surface area contributed by atoms with E-state index in [2.05, 4.69) is 38.2 Å². The number of ether oxygens (including phenoxy) is 1. The Bertz CT molecular complexity index is 328. The number of hydrogen-bond acceptors (Lipinski definition) is 3. The summed E-state index contributed by atoms with van der Waals surface area (Å²) in [5.41, 5.74) is 0. The highest BCUT2D eigenvalue weighted by atomic mass is 16.5. The zero-order valence-corrected chi connectivity index (χ0v) is 13.4. The Labute approximate surface area is 124 Å². The average molecular weight is 278 g/mol. The summed E-state index contributed by atoms with van der Waals surface area (Å²) in [6.45, 7) is 7.44. The fraction of sp³-hybridized carbons (Fsp3) is 0.647. The molecule has 0 spiro atoms. The summed E-state index contributed by atoms with van der Waals surface area (Å²) in [5.74, 6) is 1.69. The second-order valence-corrected chi connectivity index (χ2v) is 6.06. The minimum atomic E-state index is 0.571. The Morgan fingerprint density at radius 2 is 1.85 bits per heavy atom. The molecule has 0 fully saturated rings. The molecular formula is C17H30N2O. The zero-order valence-electron chi connectivity index (χ0n) is 13.4. The van der Waals surface area contributed by atoms with Crippen LogP contribution in [0.4, 0.5) is 0 Å². The van der Waals surface area contributed by atoms with Crippen LogP contribution in [0, 0.1) is 5.92 Å². The van der Waals surface area contributed by atoms with Crippen LogP contribution in [-0.2, 0) is 0 Å². The molecule has 1 aromatic rings. The average Bonchev–Trinajstić information content (AvgIpc) is 2.38. The maximum absolute atomic E-state index is 5.70. The molecule has 3 heteroatoms. The quantitative estimate of drug-likeness (QED) is 0.666. The van der Waals surface area contributed by atoms with Gasteiger partial charge in [0.15, 0.2) is 0 Å². The molecule has 0 radical (unpaired) electrons. The molecule has 1 N–H and O–H groups in total. The van der Waals surface area contributed by atoms with Crippen LogP contribution in [0.1, 0.15) is 26.7 Å². The van der Waals surface area contributed by atoms with Crippen LogP contribution in [0.15, 0.2) is 30.3 Å². The summed E-state index contributed by atoms with van der Waals surface area (Å²) in [6.07, 6.45) is 2.26. The second kappa shape index (κ2) is 9.78. The van der Waals surface area contributed by atoms with Gasteiger partial charge in [-0.25, -0.2) is 0 Å². The van der Waals surface area contributed by atoms with Gasteiger partial charge in [0.25, 0.3) is 0 Å². The first-order valence-electron chi connectivity index (χ1n) is 7.64. The molecule has 0 aliphatic heterocycles. The number of para-hydroxylation sites is 1. The largest absolute Gasteiger partial charge is 0.494 e. The highest BCUT2D eigenvalue weighted by Crippen LogP contribution is 2.08. The SMILES string of the molecule is CC(C)CC(CN(C)C)NCCCOc1ccccc1. The van der Waals surface area contributed by atoms with Crippen molar-refractivity contribution in [1.29, 1.82) is 0 Å². The summed E-state index contributed by atoms with van der Waals surface area (Å²) in [4.78, 5) is 2.25. The number of rotatable bonds is 10. The first-order valence-corrected chi connectivity index (χ1v) is 7.64. The molecule has 0 bridgehead atoms. The molecule has 0 aliphatic carbocycles. The third-order valence-corrected chi connectivity index (χ3v) is 3.11. The Hall–Kier alpha value is -1.06. The van der Waals surface area contributed by atoms with Gasteiger partial charge in [-0.1, -0.05) is 32.0 Å². The molecule has 3 nitrogen and oxygen atoms in total. The summed E-state index contributed by atoms with van der Waals surface area (Å²) in [5, 5.41) is 3.65. The molecule has 1 unspecified atom stereocenters. The van der Waals surface area contributed by atoms with Crippen LogP contribution >= 0.6 is 0 Å². The fourth-order valence-electron chi connectivity index (χ4n) is 2.32. The number of nitrogens with zero attached hydrogens (tertiary/aromatic N) is 1. The van der Waals surface area contributed by atoms with Gasteiger partial charge in [-0.2, -0.15) is 0 Å². The molecule has 0 saturated carbocycles. The van der Waals surface area contributed by atoms with E-state index in [9.17, 15) is 0 Å². The van der Waals surface area contributed by atoms with E-state index in [-0.39, 0.29) is 0 Å². The van der Waals surface area contributed by atoms with Crippen molar-refractivity contribution in [2.24, 2.45) is 5.92 Å². The highest BCUT2D eigenvalue weighted by Gasteiger charge is 2.10. The van der Waals surface area contributed by atoms with E-state index in [1.807, 2.05) is 30.3 Å². The third-order valence-electron chi connectivity index (χ3n) is 3.11. The van der Waals surface area contributed by atoms with E-state index in [0.29, 0.717) is 6.04 Å². The molecular weight excluding hydrogens is 248 g/mol. The molecule has 0 aliphatic rings. The van der Waals surface area contributed by atoms with Crippen molar-refractivity contribution >= 4 is 0 Å². The lowest BCUT2D eigenvalue weighted by molar-refractivity contribution is 0.281. The van der Waals surface area contributed by atoms with Crippen LogP contribution in [-0.4, -0.2) is 44.7 Å². The van der Waals surface area contributed by atoms with Gasteiger partial charge in [-0.15, -0.1) is 0 Å². The predicted molar refractivity (Wildman–Crippen MR) is 86.4 cm³/mol. The van der Waals surface area contributed by atoms with Crippen molar-refractivity contribution in [2.45, 2.75) is 32.7 Å². The van der Waals surface area contributed by atoms with E-state index >= 15 is 0 Å². The Morgan fingerprint density at radius 3 is 2.45 bits per heavy atom. The summed E-state index contributed by atoms with van der Waals surface area (Å²) < 4.78 is 5.70. The summed E-state index contributed by atoms with van der Waals surface area (Å²) in [6, 6.07) is 10.6. The fourth-order valence-corrected chi connectivity index (χ4v) is 2.32. The van der Waals surface area contributed by atoms with Gasteiger partial charge in [-0.3, -0.25) is 0 Å². The van der Waals surface area contributed by atoms with Gasteiger partial charge < -0.3 is 15.0 Å². The Balaban J connectivity index is 2.16. The third kappa shape index (κ3) is 8.18. The van der Waals surface area contributed by atoms with E-state index in [1.165, 1.54) is 6.42 Å². The molecule has 1 atom stereocenters. The van der Waals surface area contributed by atoms with Crippen LogP contribution in [0.5, 0.6) is 5.75 Å². The van der Waals surface area contributed by atoms with Crippen molar-refractivity contribution in [3.05, 3.63) is 30.3 Å². The zero-order chi connectivity index (χ0) is 14.8. The Morgan fingerprint density at radius 1 is 1.15 bits per heavy atom. The summed E-state index contributed by atoms with van der Waals surface area (Å²) in [7, 11) is 4.26. The minimum Gasteiger partial charge on any atom is -0.494 e. The van der Waals surface area contributed by atoms with E-state index < -0.39 is 0 Å². The first kappa shape index (κ1) is 17.0. The lowest BCUT2D eigenvalue weighted by atomic mass is 10.0. The van der Waals surface area contributed by atoms with Gasteiger partial charge in [0.2, 0.25) is 0 Å². The molecule has 20 heavy (non-hydrogen) atoms. The van der Waals surface area contributed by atoms with Crippen LogP contribution in [0.25, 0.3) is 0 Å². The van der Waals surface area contributed by atoms with Gasteiger partial charge in [0.1, 0.15) is 5.75 Å². The number of hydrogen-bond donors (Lipinski definition) is 1. The first-order chi connectivity index (χ1) is 9.58. The topological polar surface area (TPSA) is 24.5 Å². The molecule has 0 aromatic heterocycles. The van der Waals surface area contributed by atoms with E-state index in [4.69, 9.17) is 4.74 Å². The monoisotopic (exact) mass is 278 g/mol. The standard InChI is InChI=1S/C17H30N2O/c1-15(2)13-16(14-19(3)4)18-11-8-12-20-17-9-6-5-7-10-17/h5-7,9-10,15-16,18H,8,11-14H2,1-4H3. The van der Waals surface area contributed by atoms with Crippen LogP contribution < -0.4 is 10.1 Å². The molecule has 114 valence electrons. The van der Waals surface area contributed by atoms with Gasteiger partial charge in [0, 0.05) is 12.6 Å². The van der Waals surface area contributed by atoms with Crippen molar-refractivity contribution in [2.75, 3.05) is 33.8 Å². The maximum atomic E-state index is 5.70. The molecule has 1 rings (SSSR count). The lowest BCUT2D eigenvalue weighted by Gasteiger charge is -2.24. The van der Waals surface area contributed by atoms with Crippen LogP contribution in [0.2, 0.25) is 0 Å². The second-order valence-electron chi connectivity index (χ2n) is 6.06. The number of benzene rings is 1. The smallest absolute Gasteiger partial charge is 0.119 e. The summed E-state index contributed by atoms with van der Waals surface area (Å²) >= 11 is 0. The molecule has 0 amide bonds. The molecule has 0 saturated heterocycles. The number of likely N-dealkylation sites (N-methyl/N-ethyl adjacent to an activating group) is 1. The van der Waals surface area contributed by atoms with Gasteiger partial charge in [0.05, 0.1) is 6.61 Å². The highest BCUT2D eigenvalue weighted by molar-refractivity contribution is 5.20. The minimum absolute atomic E-state index is 0.571. The normalized spacial score (nSPS) is 12.9. The predicted octanol–water partition coefficient (Wildman–Crippen LogP) is 3.02. The molecule has 0 heterocycles. The van der Waals surface area contributed by atoms with Crippen molar-refractivity contribution < 1.29 is 4.74 Å². The lowest BCUT2D eigenvalue weighted by Crippen LogP contribution is -2.40.